The van der Waals surface area contributed by atoms with Crippen molar-refractivity contribution in [2.45, 2.75) is 50.1 Å². The van der Waals surface area contributed by atoms with Crippen molar-refractivity contribution < 1.29 is 13.2 Å². The van der Waals surface area contributed by atoms with Gasteiger partial charge in [-0.1, -0.05) is 30.7 Å². The fourth-order valence-electron chi connectivity index (χ4n) is 4.11. The van der Waals surface area contributed by atoms with Gasteiger partial charge in [0.2, 0.25) is 10.0 Å². The minimum atomic E-state index is -3.74. The van der Waals surface area contributed by atoms with Crippen molar-refractivity contribution in [1.82, 2.24) is 14.9 Å². The number of piperidine rings is 1. The zero-order valence-electron chi connectivity index (χ0n) is 16.6. The molecular weight excluding hydrogens is 406 g/mol. The van der Waals surface area contributed by atoms with Crippen LogP contribution in [-0.2, 0) is 23.0 Å². The summed E-state index contributed by atoms with van der Waals surface area (Å²) in [5, 5.41) is 8.10. The summed E-state index contributed by atoms with van der Waals surface area (Å²) < 4.78 is 28.4. The number of hydrogen-bond donors (Lipinski definition) is 2. The highest BCUT2D eigenvalue weighted by molar-refractivity contribution is 7.89. The molecule has 8 heteroatoms. The van der Waals surface area contributed by atoms with Gasteiger partial charge in [0.15, 0.2) is 0 Å². The molecule has 0 radical (unpaired) electrons. The van der Waals surface area contributed by atoms with Crippen LogP contribution in [0.1, 0.15) is 45.6 Å². The lowest BCUT2D eigenvalue weighted by atomic mass is 10.0. The SMILES string of the molecule is Cc1csc(C(=O)NC[C@H]2CCCCN2)c1S(=O)(=O)N1CCc2ccccc2C1. The lowest BCUT2D eigenvalue weighted by Crippen LogP contribution is -2.43. The van der Waals surface area contributed by atoms with Gasteiger partial charge in [-0.3, -0.25) is 4.79 Å². The zero-order chi connectivity index (χ0) is 20.4. The standard InChI is InChI=1S/C21H27N3O3S2/c1-15-14-28-19(21(25)23-12-18-8-4-5-10-22-18)20(15)29(26,27)24-11-9-16-6-2-3-7-17(16)13-24/h2-3,6-7,14,18,22H,4-5,8-13H2,1H3,(H,23,25)/t18-/m1/s1. The molecule has 1 saturated heterocycles. The first-order valence-electron chi connectivity index (χ1n) is 10.1. The molecule has 0 saturated carbocycles. The predicted molar refractivity (Wildman–Crippen MR) is 115 cm³/mol. The van der Waals surface area contributed by atoms with Crippen molar-refractivity contribution in [3.05, 3.63) is 51.2 Å². The Hall–Kier alpha value is -1.74. The van der Waals surface area contributed by atoms with Gasteiger partial charge in [0.25, 0.3) is 5.91 Å². The number of rotatable bonds is 5. The van der Waals surface area contributed by atoms with Crippen LogP contribution in [0.4, 0.5) is 0 Å². The Balaban J connectivity index is 1.54. The van der Waals surface area contributed by atoms with Crippen LogP contribution >= 0.6 is 11.3 Å². The van der Waals surface area contributed by atoms with Crippen LogP contribution in [0.3, 0.4) is 0 Å². The summed E-state index contributed by atoms with van der Waals surface area (Å²) in [5.41, 5.74) is 2.86. The Labute approximate surface area is 176 Å². The first-order valence-corrected chi connectivity index (χ1v) is 12.5. The molecule has 156 valence electrons. The molecule has 29 heavy (non-hydrogen) atoms. The van der Waals surface area contributed by atoms with Gasteiger partial charge >= 0.3 is 0 Å². The second kappa shape index (κ2) is 8.55. The summed E-state index contributed by atoms with van der Waals surface area (Å²) in [7, 11) is -3.74. The largest absolute Gasteiger partial charge is 0.350 e. The van der Waals surface area contributed by atoms with Gasteiger partial charge in [-0.05, 0) is 54.8 Å². The molecule has 4 rings (SSSR count). The minimum absolute atomic E-state index is 0.163. The van der Waals surface area contributed by atoms with E-state index in [1.165, 1.54) is 21.2 Å². The molecule has 1 aromatic carbocycles. The third-order valence-electron chi connectivity index (χ3n) is 5.74. The molecule has 0 bridgehead atoms. The van der Waals surface area contributed by atoms with E-state index in [1.54, 1.807) is 12.3 Å². The second-order valence-electron chi connectivity index (χ2n) is 7.79. The van der Waals surface area contributed by atoms with Crippen molar-refractivity contribution >= 4 is 27.3 Å². The molecule has 2 aliphatic heterocycles. The molecule has 1 fully saturated rings. The lowest BCUT2D eigenvalue weighted by Gasteiger charge is -2.28. The molecule has 0 unspecified atom stereocenters. The van der Waals surface area contributed by atoms with E-state index in [-0.39, 0.29) is 21.7 Å². The molecule has 0 spiro atoms. The summed E-state index contributed by atoms with van der Waals surface area (Å²) in [4.78, 5) is 13.3. The van der Waals surface area contributed by atoms with Gasteiger partial charge in [0, 0.05) is 25.7 Å². The third-order valence-corrected chi connectivity index (χ3v) is 9.00. The van der Waals surface area contributed by atoms with Crippen LogP contribution in [0.25, 0.3) is 0 Å². The Morgan fingerprint density at radius 3 is 2.83 bits per heavy atom. The van der Waals surface area contributed by atoms with Crippen LogP contribution in [0.2, 0.25) is 0 Å². The van der Waals surface area contributed by atoms with E-state index in [0.717, 1.165) is 31.4 Å². The van der Waals surface area contributed by atoms with Gasteiger partial charge in [-0.15, -0.1) is 11.3 Å². The van der Waals surface area contributed by atoms with Crippen LogP contribution in [-0.4, -0.2) is 44.3 Å². The maximum atomic E-state index is 13.5. The minimum Gasteiger partial charge on any atom is -0.350 e. The second-order valence-corrected chi connectivity index (χ2v) is 10.5. The maximum absolute atomic E-state index is 13.5. The van der Waals surface area contributed by atoms with Crippen molar-refractivity contribution in [2.75, 3.05) is 19.6 Å². The molecule has 2 aliphatic rings. The Bertz CT molecular complexity index is 994. The quantitative estimate of drug-likeness (QED) is 0.760. The van der Waals surface area contributed by atoms with Crippen molar-refractivity contribution in [2.24, 2.45) is 0 Å². The molecule has 1 atom stereocenters. The first-order chi connectivity index (χ1) is 14.0. The number of amides is 1. The average Bonchev–Trinajstić information content (AvgIpc) is 3.14. The highest BCUT2D eigenvalue weighted by atomic mass is 32.2. The first kappa shape index (κ1) is 20.5. The summed E-state index contributed by atoms with van der Waals surface area (Å²) in [5.74, 6) is -0.300. The van der Waals surface area contributed by atoms with Gasteiger partial charge < -0.3 is 10.6 Å². The van der Waals surface area contributed by atoms with E-state index in [2.05, 4.69) is 10.6 Å². The maximum Gasteiger partial charge on any atom is 0.262 e. The summed E-state index contributed by atoms with van der Waals surface area (Å²) in [6, 6.07) is 8.20. The molecule has 6 nitrogen and oxygen atoms in total. The summed E-state index contributed by atoms with van der Waals surface area (Å²) in [6.07, 6.45) is 4.03. The number of nitrogens with one attached hydrogen (secondary N) is 2. The Morgan fingerprint density at radius 1 is 1.28 bits per heavy atom. The van der Waals surface area contributed by atoms with Crippen LogP contribution < -0.4 is 10.6 Å². The smallest absolute Gasteiger partial charge is 0.262 e. The monoisotopic (exact) mass is 433 g/mol. The summed E-state index contributed by atoms with van der Waals surface area (Å²) in [6.45, 7) is 4.03. The van der Waals surface area contributed by atoms with Gasteiger partial charge in [-0.2, -0.15) is 4.31 Å². The van der Waals surface area contributed by atoms with Gasteiger partial charge in [0.1, 0.15) is 9.77 Å². The number of hydrogen-bond acceptors (Lipinski definition) is 5. The van der Waals surface area contributed by atoms with Gasteiger partial charge in [0.05, 0.1) is 0 Å². The molecule has 0 aliphatic carbocycles. The topological polar surface area (TPSA) is 78.5 Å². The Morgan fingerprint density at radius 2 is 2.07 bits per heavy atom. The average molecular weight is 434 g/mol. The fraction of sp³-hybridized carbons (Fsp3) is 0.476. The van der Waals surface area contributed by atoms with Gasteiger partial charge in [-0.25, -0.2) is 8.42 Å². The number of thiophene rings is 1. The van der Waals surface area contributed by atoms with E-state index in [0.29, 0.717) is 31.6 Å². The molecular formula is C21H27N3O3S2. The Kier molecular flexibility index (Phi) is 6.06. The number of nitrogens with zero attached hydrogens (tertiary/aromatic N) is 1. The van der Waals surface area contributed by atoms with E-state index in [1.807, 2.05) is 24.3 Å². The van der Waals surface area contributed by atoms with Crippen LogP contribution in [0.15, 0.2) is 34.5 Å². The normalized spacial score (nSPS) is 20.2. The van der Waals surface area contributed by atoms with Crippen LogP contribution in [0.5, 0.6) is 0 Å². The molecule has 2 N–H and O–H groups in total. The zero-order valence-corrected chi connectivity index (χ0v) is 18.2. The number of aryl methyl sites for hydroxylation is 1. The number of fused-ring (bicyclic) bond motifs is 1. The van der Waals surface area contributed by atoms with E-state index in [9.17, 15) is 13.2 Å². The van der Waals surface area contributed by atoms with E-state index < -0.39 is 10.0 Å². The summed E-state index contributed by atoms with van der Waals surface area (Å²) >= 11 is 1.21. The number of carbonyl (C=O) groups is 1. The lowest BCUT2D eigenvalue weighted by molar-refractivity contribution is 0.0948. The van der Waals surface area contributed by atoms with E-state index in [4.69, 9.17) is 0 Å². The van der Waals surface area contributed by atoms with Crippen molar-refractivity contribution in [3.63, 3.8) is 0 Å². The molecule has 1 aromatic heterocycles. The number of sulfonamides is 1. The van der Waals surface area contributed by atoms with Crippen LogP contribution in [0, 0.1) is 6.92 Å². The highest BCUT2D eigenvalue weighted by Gasteiger charge is 2.34. The fourth-order valence-corrected chi connectivity index (χ4v) is 7.20. The van der Waals surface area contributed by atoms with Crippen molar-refractivity contribution in [3.8, 4) is 0 Å². The van der Waals surface area contributed by atoms with Crippen molar-refractivity contribution in [1.29, 1.82) is 0 Å². The number of benzene rings is 1. The third kappa shape index (κ3) is 4.26. The highest BCUT2D eigenvalue weighted by Crippen LogP contribution is 2.32. The molecule has 1 amide bonds. The molecule has 3 heterocycles. The van der Waals surface area contributed by atoms with E-state index >= 15 is 0 Å². The molecule has 2 aromatic rings. The predicted octanol–water partition coefficient (Wildman–Crippen LogP) is 2.68. The number of carbonyl (C=O) groups excluding carboxylic acids is 1.